The van der Waals surface area contributed by atoms with Gasteiger partial charge in [0.15, 0.2) is 0 Å². The molecule has 2 aliphatic rings. The van der Waals surface area contributed by atoms with Crippen molar-refractivity contribution in [2.45, 2.75) is 71.9 Å². The molecule has 0 spiro atoms. The van der Waals surface area contributed by atoms with Crippen molar-refractivity contribution in [1.29, 1.82) is 0 Å². The molecule has 2 aromatic rings. The molecule has 7 heteroatoms. The molecule has 0 radical (unpaired) electrons. The Hall–Kier alpha value is -3.16. The maximum Gasteiger partial charge on any atom is 0.308 e. The molecule has 2 aliphatic heterocycles. The molecular weight excluding hydrogens is 502 g/mol. The zero-order chi connectivity index (χ0) is 28.9. The summed E-state index contributed by atoms with van der Waals surface area (Å²) < 4.78 is 5.70. The topological polar surface area (TPSA) is 96.1 Å². The number of rotatable bonds is 12. The van der Waals surface area contributed by atoms with Crippen molar-refractivity contribution < 1.29 is 19.4 Å². The molecule has 0 unspecified atom stereocenters. The summed E-state index contributed by atoms with van der Waals surface area (Å²) in [5, 5.41) is 10.6. The second kappa shape index (κ2) is 13.0. The van der Waals surface area contributed by atoms with Crippen LogP contribution >= 0.6 is 0 Å². The van der Waals surface area contributed by atoms with E-state index < -0.39 is 11.9 Å². The number of carbonyl (C=O) groups excluding carboxylic acids is 1. The molecule has 1 amide bonds. The van der Waals surface area contributed by atoms with Crippen LogP contribution in [-0.4, -0.2) is 54.2 Å². The van der Waals surface area contributed by atoms with Crippen LogP contribution in [0, 0.1) is 11.3 Å². The summed E-state index contributed by atoms with van der Waals surface area (Å²) in [6.07, 6.45) is 7.49. The molecule has 40 heavy (non-hydrogen) atoms. The number of likely N-dealkylation sites (tertiary alicyclic amines) is 1. The van der Waals surface area contributed by atoms with Crippen molar-refractivity contribution in [1.82, 2.24) is 4.90 Å². The first-order valence-electron chi connectivity index (χ1n) is 14.6. The summed E-state index contributed by atoms with van der Waals surface area (Å²) in [4.78, 5) is 30.9. The number of carbonyl (C=O) groups is 2. The predicted molar refractivity (Wildman–Crippen MR) is 160 cm³/mol. The second-order valence-electron chi connectivity index (χ2n) is 11.9. The maximum absolute atomic E-state index is 14.0. The van der Waals surface area contributed by atoms with E-state index in [0.29, 0.717) is 32.7 Å². The molecule has 2 aromatic carbocycles. The van der Waals surface area contributed by atoms with E-state index in [1.165, 1.54) is 0 Å². The summed E-state index contributed by atoms with van der Waals surface area (Å²) in [6, 6.07) is 13.7. The molecule has 2 heterocycles. The van der Waals surface area contributed by atoms with E-state index in [1.54, 1.807) is 0 Å². The Kier molecular flexibility index (Phi) is 9.69. The quantitative estimate of drug-likeness (QED) is 0.347. The van der Waals surface area contributed by atoms with Gasteiger partial charge in [-0.05, 0) is 60.1 Å². The maximum atomic E-state index is 14.0. The molecule has 0 aromatic heterocycles. The molecule has 3 atom stereocenters. The van der Waals surface area contributed by atoms with Gasteiger partial charge in [0.1, 0.15) is 5.75 Å². The highest BCUT2D eigenvalue weighted by atomic mass is 16.5. The number of nitrogens with zero attached hydrogens (tertiary/aromatic N) is 2. The van der Waals surface area contributed by atoms with E-state index >= 15 is 0 Å². The smallest absolute Gasteiger partial charge is 0.308 e. The number of unbranched alkanes of at least 4 members (excludes halogenated alkanes) is 1. The highest BCUT2D eigenvalue weighted by Crippen LogP contribution is 2.44. The Balaban J connectivity index is 1.68. The fourth-order valence-corrected chi connectivity index (χ4v) is 6.40. The van der Waals surface area contributed by atoms with Crippen molar-refractivity contribution in [2.75, 3.05) is 31.1 Å². The largest absolute Gasteiger partial charge is 0.493 e. The molecule has 1 saturated heterocycles. The zero-order valence-corrected chi connectivity index (χ0v) is 24.4. The molecule has 3 N–H and O–H groups in total. The zero-order valence-electron chi connectivity index (χ0n) is 24.4. The first-order chi connectivity index (χ1) is 19.2. The van der Waals surface area contributed by atoms with Gasteiger partial charge in [0.05, 0.1) is 19.1 Å². The van der Waals surface area contributed by atoms with Crippen molar-refractivity contribution in [3.63, 3.8) is 0 Å². The predicted octanol–water partition coefficient (Wildman–Crippen LogP) is 5.37. The SMILES string of the molecule is C/C=C/C(C)(C)C[C@H]1[C@H](C(=O)O)[C@@H](c2ccc3c(c2)CCO3)CN1CC(=O)N(CCCC)c1cccc(CN)c1. The number of anilines is 1. The van der Waals surface area contributed by atoms with E-state index in [1.807, 2.05) is 54.3 Å². The normalized spacial score (nSPS) is 21.0. The molecule has 1 fully saturated rings. The Bertz CT molecular complexity index is 1220. The van der Waals surface area contributed by atoms with Gasteiger partial charge < -0.3 is 20.5 Å². The van der Waals surface area contributed by atoms with Gasteiger partial charge in [-0.15, -0.1) is 0 Å². The minimum Gasteiger partial charge on any atom is -0.493 e. The highest BCUT2D eigenvalue weighted by molar-refractivity contribution is 5.95. The average Bonchev–Trinajstić information content (AvgIpc) is 3.53. The summed E-state index contributed by atoms with van der Waals surface area (Å²) >= 11 is 0. The average molecular weight is 548 g/mol. The molecule has 216 valence electrons. The number of carboxylic acids is 1. The van der Waals surface area contributed by atoms with Gasteiger partial charge in [-0.2, -0.15) is 0 Å². The lowest BCUT2D eigenvalue weighted by atomic mass is 9.77. The summed E-state index contributed by atoms with van der Waals surface area (Å²) in [7, 11) is 0. The fourth-order valence-electron chi connectivity index (χ4n) is 6.40. The van der Waals surface area contributed by atoms with E-state index in [-0.39, 0.29) is 29.8 Å². The lowest BCUT2D eigenvalue weighted by Crippen LogP contribution is -2.45. The number of benzene rings is 2. The van der Waals surface area contributed by atoms with Gasteiger partial charge in [-0.1, -0.05) is 63.6 Å². The minimum atomic E-state index is -0.809. The van der Waals surface area contributed by atoms with Crippen molar-refractivity contribution in [3.8, 4) is 5.75 Å². The third kappa shape index (κ3) is 6.76. The Morgan fingerprint density at radius 1 is 1.23 bits per heavy atom. The van der Waals surface area contributed by atoms with Crippen LogP contribution in [0.2, 0.25) is 0 Å². The van der Waals surface area contributed by atoms with E-state index in [2.05, 4.69) is 37.8 Å². The van der Waals surface area contributed by atoms with Gasteiger partial charge in [0, 0.05) is 43.7 Å². The van der Waals surface area contributed by atoms with Crippen LogP contribution < -0.4 is 15.4 Å². The van der Waals surface area contributed by atoms with Crippen LogP contribution in [0.4, 0.5) is 5.69 Å². The van der Waals surface area contributed by atoms with Crippen LogP contribution in [0.5, 0.6) is 5.75 Å². The van der Waals surface area contributed by atoms with Gasteiger partial charge in [-0.25, -0.2) is 0 Å². The summed E-state index contributed by atoms with van der Waals surface area (Å²) in [5.74, 6) is -0.771. The Labute approximate surface area is 239 Å². The molecule has 4 rings (SSSR count). The Morgan fingerprint density at radius 2 is 2.02 bits per heavy atom. The number of aliphatic carboxylic acids is 1. The number of hydrogen-bond donors (Lipinski definition) is 2. The molecule has 0 aliphatic carbocycles. The summed E-state index contributed by atoms with van der Waals surface area (Å²) in [6.45, 7) is 10.7. The molecule has 0 bridgehead atoms. The van der Waals surface area contributed by atoms with Gasteiger partial charge >= 0.3 is 5.97 Å². The standard InChI is InChI=1S/C33H45N3O4/c1-5-7-15-36(26-10-8-9-23(17-26)20-34)30(37)22-35-21-27(24-11-12-29-25(18-24)13-16-40-29)31(32(38)39)28(35)19-33(3,4)14-6-2/h6,8-12,14,17-18,27-28,31H,5,7,13,15-16,19-22,34H2,1-4H3,(H,38,39)/b14-6+/t27-,28+,31-/m1/s1. The van der Waals surface area contributed by atoms with Crippen LogP contribution in [0.15, 0.2) is 54.6 Å². The van der Waals surface area contributed by atoms with E-state index in [0.717, 1.165) is 47.4 Å². The van der Waals surface area contributed by atoms with Gasteiger partial charge in [-0.3, -0.25) is 14.5 Å². The number of nitrogens with two attached hydrogens (primary N) is 1. The Morgan fingerprint density at radius 3 is 2.73 bits per heavy atom. The van der Waals surface area contributed by atoms with Crippen LogP contribution in [0.3, 0.4) is 0 Å². The van der Waals surface area contributed by atoms with Crippen molar-refractivity contribution >= 4 is 17.6 Å². The van der Waals surface area contributed by atoms with Crippen LogP contribution in [-0.2, 0) is 22.6 Å². The van der Waals surface area contributed by atoms with Gasteiger partial charge in [0.2, 0.25) is 5.91 Å². The number of allylic oxidation sites excluding steroid dienone is 2. The van der Waals surface area contributed by atoms with E-state index in [4.69, 9.17) is 10.5 Å². The molecular formula is C33H45N3O4. The van der Waals surface area contributed by atoms with Crippen LogP contribution in [0.1, 0.15) is 69.6 Å². The number of fused-ring (bicyclic) bond motifs is 1. The van der Waals surface area contributed by atoms with E-state index in [9.17, 15) is 14.7 Å². The summed E-state index contributed by atoms with van der Waals surface area (Å²) in [5.41, 5.74) is 9.65. The first kappa shape index (κ1) is 29.8. The van der Waals surface area contributed by atoms with Crippen molar-refractivity contribution in [3.05, 3.63) is 71.3 Å². The third-order valence-corrected chi connectivity index (χ3v) is 8.36. The lowest BCUT2D eigenvalue weighted by molar-refractivity contribution is -0.143. The van der Waals surface area contributed by atoms with Gasteiger partial charge in [0.25, 0.3) is 0 Å². The first-order valence-corrected chi connectivity index (χ1v) is 14.6. The molecule has 7 nitrogen and oxygen atoms in total. The molecule has 0 saturated carbocycles. The monoisotopic (exact) mass is 547 g/mol. The third-order valence-electron chi connectivity index (χ3n) is 8.36. The number of carboxylic acid groups (broad SMARTS) is 1. The second-order valence-corrected chi connectivity index (χ2v) is 11.9. The number of amides is 1. The van der Waals surface area contributed by atoms with Crippen molar-refractivity contribution in [2.24, 2.45) is 17.1 Å². The fraction of sp³-hybridized carbons (Fsp3) is 0.515. The number of hydrogen-bond acceptors (Lipinski definition) is 5. The number of ether oxygens (including phenoxy) is 1. The highest BCUT2D eigenvalue weighted by Gasteiger charge is 2.48. The lowest BCUT2D eigenvalue weighted by Gasteiger charge is -2.34. The minimum absolute atomic E-state index is 0.0106. The van der Waals surface area contributed by atoms with Crippen LogP contribution in [0.25, 0.3) is 0 Å².